The van der Waals surface area contributed by atoms with Gasteiger partial charge in [-0.05, 0) is 69.1 Å². The molecule has 9 nitrogen and oxygen atoms in total. The highest BCUT2D eigenvalue weighted by molar-refractivity contribution is 5.92. The summed E-state index contributed by atoms with van der Waals surface area (Å²) in [5, 5.41) is 15.3. The minimum Gasteiger partial charge on any atom is -0.377 e. The van der Waals surface area contributed by atoms with Crippen LogP contribution in [0.4, 0.5) is 30.4 Å². The van der Waals surface area contributed by atoms with Crippen molar-refractivity contribution >= 4 is 35.5 Å². The topological polar surface area (TPSA) is 96.8 Å². The average Bonchev–Trinajstić information content (AvgIpc) is 3.02. The van der Waals surface area contributed by atoms with Crippen LogP contribution in [0.25, 0.3) is 0 Å². The molecule has 1 aromatic heterocycles. The number of ether oxygens (including phenoxy) is 1. The highest BCUT2D eigenvalue weighted by Crippen LogP contribution is 2.35. The van der Waals surface area contributed by atoms with Gasteiger partial charge in [0.15, 0.2) is 0 Å². The molecule has 13 heteroatoms. The number of pyridine rings is 1. The summed E-state index contributed by atoms with van der Waals surface area (Å²) in [6.45, 7) is 8.44. The molecule has 0 radical (unpaired) electrons. The lowest BCUT2D eigenvalue weighted by Crippen LogP contribution is -2.47. The van der Waals surface area contributed by atoms with Gasteiger partial charge in [0, 0.05) is 57.4 Å². The molecule has 1 aromatic carbocycles. The van der Waals surface area contributed by atoms with Crippen LogP contribution in [-0.2, 0) is 15.7 Å². The minimum atomic E-state index is -4.60. The van der Waals surface area contributed by atoms with E-state index in [0.29, 0.717) is 43.5 Å². The predicted molar refractivity (Wildman–Crippen MR) is 162 cm³/mol. The fourth-order valence-electron chi connectivity index (χ4n) is 5.88. The first-order chi connectivity index (χ1) is 20.3. The first kappa shape index (κ1) is 32.8. The number of alkyl halides is 3. The summed E-state index contributed by atoms with van der Waals surface area (Å²) in [5.74, 6) is 0.0999. The molecule has 3 saturated heterocycles. The van der Waals surface area contributed by atoms with Crippen molar-refractivity contribution in [3.05, 3.63) is 47.7 Å². The third-order valence-corrected chi connectivity index (χ3v) is 8.44. The fourth-order valence-corrected chi connectivity index (χ4v) is 5.88. The van der Waals surface area contributed by atoms with Gasteiger partial charge in [-0.2, -0.15) is 18.4 Å². The average molecular weight is 622 g/mol. The lowest BCUT2D eigenvalue weighted by Gasteiger charge is -2.36. The molecule has 2 N–H and O–H groups in total. The Kier molecular flexibility index (Phi) is 11.5. The molecule has 1 amide bonds. The van der Waals surface area contributed by atoms with Crippen molar-refractivity contribution in [2.75, 3.05) is 80.6 Å². The number of nitrogens with one attached hydrogen (secondary N) is 2. The fraction of sp³-hybridized carbons (Fsp3) is 0.567. The molecule has 2 aromatic rings. The molecule has 0 bridgehead atoms. The van der Waals surface area contributed by atoms with Crippen molar-refractivity contribution in [1.29, 1.82) is 5.26 Å². The lowest BCUT2D eigenvalue weighted by atomic mass is 9.95. The van der Waals surface area contributed by atoms with Gasteiger partial charge < -0.3 is 25.2 Å². The number of anilines is 3. The van der Waals surface area contributed by atoms with Crippen LogP contribution >= 0.6 is 12.4 Å². The number of amides is 1. The van der Waals surface area contributed by atoms with Crippen LogP contribution in [0, 0.1) is 17.2 Å². The molecule has 3 fully saturated rings. The number of benzene rings is 1. The van der Waals surface area contributed by atoms with E-state index in [1.807, 2.05) is 17.0 Å². The molecular weight excluding hydrogens is 583 g/mol. The van der Waals surface area contributed by atoms with Gasteiger partial charge in [-0.3, -0.25) is 9.69 Å². The van der Waals surface area contributed by atoms with Crippen LogP contribution in [0.1, 0.15) is 36.8 Å². The summed E-state index contributed by atoms with van der Waals surface area (Å²) in [6.07, 6.45) is 0.775. The van der Waals surface area contributed by atoms with E-state index in [4.69, 9.17) is 10.00 Å². The molecule has 0 atom stereocenters. The Morgan fingerprint density at radius 1 is 1.00 bits per heavy atom. The highest BCUT2D eigenvalue weighted by Gasteiger charge is 2.35. The lowest BCUT2D eigenvalue weighted by molar-refractivity contribution is -0.137. The number of hydrogen-bond donors (Lipinski definition) is 2. The molecule has 0 spiro atoms. The summed E-state index contributed by atoms with van der Waals surface area (Å²) in [5.41, 5.74) is 0.0995. The number of carbonyl (C=O) groups excluding carboxylic acids is 1. The molecule has 3 aliphatic rings. The molecule has 3 aliphatic heterocycles. The normalized spacial score (nSPS) is 19.0. The Morgan fingerprint density at radius 2 is 1.67 bits per heavy atom. The van der Waals surface area contributed by atoms with E-state index in [1.54, 1.807) is 12.3 Å². The first-order valence-electron chi connectivity index (χ1n) is 14.7. The van der Waals surface area contributed by atoms with Crippen molar-refractivity contribution in [3.63, 3.8) is 0 Å². The van der Waals surface area contributed by atoms with Gasteiger partial charge in [0.2, 0.25) is 5.91 Å². The summed E-state index contributed by atoms with van der Waals surface area (Å²) >= 11 is 0. The maximum absolute atomic E-state index is 13.4. The van der Waals surface area contributed by atoms with Crippen molar-refractivity contribution in [2.24, 2.45) is 5.92 Å². The quantitative estimate of drug-likeness (QED) is 0.454. The largest absolute Gasteiger partial charge is 0.417 e. The van der Waals surface area contributed by atoms with E-state index in [0.717, 1.165) is 77.0 Å². The van der Waals surface area contributed by atoms with Gasteiger partial charge >= 0.3 is 6.18 Å². The molecule has 234 valence electrons. The van der Waals surface area contributed by atoms with Crippen LogP contribution < -0.4 is 20.4 Å². The van der Waals surface area contributed by atoms with Crippen molar-refractivity contribution in [1.82, 2.24) is 15.2 Å². The molecule has 4 heterocycles. The molecule has 0 saturated carbocycles. The number of rotatable bonds is 8. The van der Waals surface area contributed by atoms with Crippen LogP contribution in [0.15, 0.2) is 36.5 Å². The summed E-state index contributed by atoms with van der Waals surface area (Å²) < 4.78 is 46.1. The number of piperidine rings is 2. The Balaban J connectivity index is 0.00000423. The Labute approximate surface area is 256 Å². The zero-order valence-corrected chi connectivity index (χ0v) is 24.9. The second-order valence-corrected chi connectivity index (χ2v) is 11.1. The molecule has 5 rings (SSSR count). The number of hydrogen-bond acceptors (Lipinski definition) is 8. The maximum Gasteiger partial charge on any atom is 0.417 e. The van der Waals surface area contributed by atoms with Crippen LogP contribution in [0.3, 0.4) is 0 Å². The molecule has 0 unspecified atom stereocenters. The SMILES string of the molecule is Cl.N#Cc1ccc(N2CCC(C(=O)Nc3ccc(N4CCN(CCOC5CCNCC5)CC4)cn3)CC2)cc1C(F)(F)F. The van der Waals surface area contributed by atoms with Crippen LogP contribution in [-0.4, -0.2) is 87.4 Å². The number of nitriles is 1. The number of aromatic nitrogens is 1. The van der Waals surface area contributed by atoms with Gasteiger partial charge in [0.25, 0.3) is 0 Å². The van der Waals surface area contributed by atoms with Gasteiger partial charge in [-0.1, -0.05) is 0 Å². The Bertz CT molecular complexity index is 1240. The van der Waals surface area contributed by atoms with E-state index >= 15 is 0 Å². The predicted octanol–water partition coefficient (Wildman–Crippen LogP) is 4.14. The Morgan fingerprint density at radius 3 is 2.30 bits per heavy atom. The number of halogens is 4. The van der Waals surface area contributed by atoms with Gasteiger partial charge in [0.05, 0.1) is 41.8 Å². The number of piperazine rings is 1. The Hall–Kier alpha value is -3.11. The minimum absolute atomic E-state index is 0. The maximum atomic E-state index is 13.4. The van der Waals surface area contributed by atoms with Gasteiger partial charge in [-0.25, -0.2) is 4.98 Å². The molecule has 43 heavy (non-hydrogen) atoms. The van der Waals surface area contributed by atoms with Gasteiger partial charge in [0.1, 0.15) is 5.82 Å². The zero-order chi connectivity index (χ0) is 29.5. The van der Waals surface area contributed by atoms with Crippen molar-refractivity contribution < 1.29 is 22.7 Å². The van der Waals surface area contributed by atoms with E-state index in [9.17, 15) is 18.0 Å². The first-order valence-corrected chi connectivity index (χ1v) is 14.7. The summed E-state index contributed by atoms with van der Waals surface area (Å²) in [4.78, 5) is 23.9. The smallest absolute Gasteiger partial charge is 0.377 e. The number of carbonyl (C=O) groups is 1. The molecular formula is C30H39ClF3N7O2. The van der Waals surface area contributed by atoms with Crippen molar-refractivity contribution in [2.45, 2.75) is 38.0 Å². The van der Waals surface area contributed by atoms with Crippen LogP contribution in [0.5, 0.6) is 0 Å². The van der Waals surface area contributed by atoms with E-state index < -0.39 is 17.3 Å². The van der Waals surface area contributed by atoms with E-state index in [1.165, 1.54) is 12.1 Å². The van der Waals surface area contributed by atoms with E-state index in [-0.39, 0.29) is 24.2 Å². The zero-order valence-electron chi connectivity index (χ0n) is 24.1. The second-order valence-electron chi connectivity index (χ2n) is 11.1. The van der Waals surface area contributed by atoms with E-state index in [2.05, 4.69) is 25.4 Å². The third-order valence-electron chi connectivity index (χ3n) is 8.44. The molecule has 0 aliphatic carbocycles. The number of nitrogens with zero attached hydrogens (tertiary/aromatic N) is 5. The van der Waals surface area contributed by atoms with Gasteiger partial charge in [-0.15, -0.1) is 12.4 Å². The summed E-state index contributed by atoms with van der Waals surface area (Å²) in [7, 11) is 0. The monoisotopic (exact) mass is 621 g/mol. The third kappa shape index (κ3) is 8.72. The van der Waals surface area contributed by atoms with Crippen LogP contribution in [0.2, 0.25) is 0 Å². The standard InChI is InChI=1S/C30H38F3N7O2.ClH/c31-30(32,33)27-19-24(2-1-23(27)20-34)39-11-7-22(8-12-39)29(41)37-28-4-3-25(21-36-28)40-15-13-38(14-16-40)17-18-42-26-5-9-35-10-6-26;/h1-4,19,21-22,26,35H,5-18H2,(H,36,37,41);1H. The second kappa shape index (κ2) is 15.1. The highest BCUT2D eigenvalue weighted by atomic mass is 35.5. The van der Waals surface area contributed by atoms with Crippen molar-refractivity contribution in [3.8, 4) is 6.07 Å². The summed E-state index contributed by atoms with van der Waals surface area (Å²) in [6, 6.07) is 9.16.